The molecule has 0 aliphatic heterocycles. The second-order valence-corrected chi connectivity index (χ2v) is 4.23. The van der Waals surface area contributed by atoms with Crippen molar-refractivity contribution in [3.8, 4) is 0 Å². The van der Waals surface area contributed by atoms with Gasteiger partial charge in [-0.3, -0.25) is 0 Å². The molecule has 0 aliphatic rings. The topological polar surface area (TPSA) is 102 Å². The second-order valence-electron chi connectivity index (χ2n) is 3.21. The Bertz CT molecular complexity index is 208. The van der Waals surface area contributed by atoms with Crippen LogP contribution in [0, 0.1) is 0 Å². The predicted molar refractivity (Wildman–Crippen MR) is 69.6 cm³/mol. The van der Waals surface area contributed by atoms with Gasteiger partial charge >= 0.3 is 7.82 Å². The minimum atomic E-state index is -4.64. The Kier molecular flexibility index (Phi) is 15.1. The molecule has 0 bridgehead atoms. The summed E-state index contributed by atoms with van der Waals surface area (Å²) in [7, 11) is -4.64. The number of hydrogen-bond donors (Lipinski definition) is 5. The molecule has 5 N–H and O–H groups in total. The van der Waals surface area contributed by atoms with E-state index in [2.05, 4.69) is 23.8 Å². The highest BCUT2D eigenvalue weighted by atomic mass is 31.2. The van der Waals surface area contributed by atoms with Gasteiger partial charge in [-0.2, -0.15) is 0 Å². The zero-order valence-electron chi connectivity index (χ0n) is 10.0. The van der Waals surface area contributed by atoms with Gasteiger partial charge in [0.2, 0.25) is 0 Å². The molecule has 102 valence electrons. The van der Waals surface area contributed by atoms with Gasteiger partial charge in [0, 0.05) is 13.1 Å². The summed E-state index contributed by atoms with van der Waals surface area (Å²) in [6.45, 7) is 11.3. The lowest BCUT2D eigenvalue weighted by Gasteiger charge is -2.02. The normalized spacial score (nSPS) is 10.3. The molecule has 0 radical (unpaired) electrons. The molecule has 17 heavy (non-hydrogen) atoms. The molecule has 0 aromatic heterocycles. The van der Waals surface area contributed by atoms with Crippen molar-refractivity contribution < 1.29 is 19.2 Å². The maximum Gasteiger partial charge on any atom is 0.466 e. The van der Waals surface area contributed by atoms with Crippen LogP contribution in [0.4, 0.5) is 0 Å². The summed E-state index contributed by atoms with van der Waals surface area (Å²) >= 11 is 0. The number of rotatable bonds is 9. The van der Waals surface area contributed by atoms with Crippen LogP contribution in [0.5, 0.6) is 0 Å². The van der Waals surface area contributed by atoms with Crippen LogP contribution in [0.2, 0.25) is 0 Å². The van der Waals surface area contributed by atoms with E-state index in [4.69, 9.17) is 19.2 Å². The first-order valence-electron chi connectivity index (χ1n) is 5.33. The molecule has 7 heteroatoms. The molecule has 0 aliphatic carbocycles. The number of unbranched alkanes of at least 4 members (excludes halogenated alkanes) is 1. The van der Waals surface area contributed by atoms with Gasteiger partial charge in [-0.25, -0.2) is 4.57 Å². The van der Waals surface area contributed by atoms with Crippen LogP contribution >= 0.6 is 7.82 Å². The largest absolute Gasteiger partial charge is 0.466 e. The van der Waals surface area contributed by atoms with Crippen LogP contribution in [-0.4, -0.2) is 40.9 Å². The van der Waals surface area contributed by atoms with Crippen LogP contribution in [0.3, 0.4) is 0 Å². The smallest absolute Gasteiger partial charge is 0.313 e. The monoisotopic (exact) mass is 266 g/mol. The summed E-state index contributed by atoms with van der Waals surface area (Å²) in [5, 5.41) is 6.52. The van der Waals surface area contributed by atoms with Gasteiger partial charge in [0.15, 0.2) is 0 Å². The van der Waals surface area contributed by atoms with Crippen molar-refractivity contribution in [2.24, 2.45) is 0 Å². The van der Waals surface area contributed by atoms with E-state index < -0.39 is 7.82 Å². The average molecular weight is 266 g/mol. The third kappa shape index (κ3) is 39.1. The van der Waals surface area contributed by atoms with Crippen LogP contribution in [0.25, 0.3) is 0 Å². The van der Waals surface area contributed by atoms with Crippen LogP contribution in [-0.2, 0) is 4.57 Å². The summed E-state index contributed by atoms with van der Waals surface area (Å²) in [6.07, 6.45) is 6.21. The van der Waals surface area contributed by atoms with Gasteiger partial charge in [0.05, 0.1) is 0 Å². The molecular weight excluding hydrogens is 243 g/mol. The van der Waals surface area contributed by atoms with E-state index in [-0.39, 0.29) is 0 Å². The fourth-order valence-corrected chi connectivity index (χ4v) is 0.908. The zero-order chi connectivity index (χ0) is 13.6. The molecule has 0 aromatic carbocycles. The lowest BCUT2D eigenvalue weighted by molar-refractivity contribution is 0.275. The molecule has 0 fully saturated rings. The third-order valence-electron chi connectivity index (χ3n) is 1.53. The lowest BCUT2D eigenvalue weighted by Crippen LogP contribution is -2.18. The van der Waals surface area contributed by atoms with E-state index in [9.17, 15) is 0 Å². The van der Waals surface area contributed by atoms with Gasteiger partial charge in [0.25, 0.3) is 0 Å². The quantitative estimate of drug-likeness (QED) is 0.235. The summed E-state index contributed by atoms with van der Waals surface area (Å²) in [6, 6.07) is 0. The highest BCUT2D eigenvalue weighted by molar-refractivity contribution is 7.45. The summed E-state index contributed by atoms with van der Waals surface area (Å²) in [4.78, 5) is 21.6. The Labute approximate surface area is 103 Å². The van der Waals surface area contributed by atoms with E-state index in [0.29, 0.717) is 0 Å². The van der Waals surface area contributed by atoms with E-state index in [0.717, 1.165) is 26.2 Å². The summed E-state index contributed by atoms with van der Waals surface area (Å²) in [5.74, 6) is 0. The molecule has 0 saturated carbocycles. The first-order chi connectivity index (χ1) is 7.91. The second kappa shape index (κ2) is 13.6. The molecule has 0 rings (SSSR count). The van der Waals surface area contributed by atoms with Crippen molar-refractivity contribution >= 4 is 7.82 Å². The van der Waals surface area contributed by atoms with Crippen LogP contribution in [0.1, 0.15) is 12.8 Å². The maximum absolute atomic E-state index is 8.88. The molecule has 6 nitrogen and oxygen atoms in total. The Morgan fingerprint density at radius 2 is 1.24 bits per heavy atom. The fraction of sp³-hybridized carbons (Fsp3) is 0.600. The van der Waals surface area contributed by atoms with Crippen LogP contribution < -0.4 is 10.6 Å². The molecule has 0 saturated heterocycles. The highest BCUT2D eigenvalue weighted by Gasteiger charge is 2.00. The minimum absolute atomic E-state index is 0.917. The summed E-state index contributed by atoms with van der Waals surface area (Å²) < 4.78 is 8.88. The maximum atomic E-state index is 8.88. The van der Waals surface area contributed by atoms with Crippen molar-refractivity contribution in [1.82, 2.24) is 10.6 Å². The van der Waals surface area contributed by atoms with E-state index in [1.165, 1.54) is 12.8 Å². The molecule has 0 unspecified atom stereocenters. The Morgan fingerprint density at radius 1 is 0.941 bits per heavy atom. The molecule has 0 heterocycles. The molecule has 0 atom stereocenters. The van der Waals surface area contributed by atoms with E-state index in [1.807, 2.05) is 12.2 Å². The SMILES string of the molecule is C=CCNCCCCNCC=C.O=P(O)(O)O. The zero-order valence-corrected chi connectivity index (χ0v) is 10.9. The van der Waals surface area contributed by atoms with Crippen LogP contribution in [0.15, 0.2) is 25.3 Å². The molecule has 0 amide bonds. The van der Waals surface area contributed by atoms with Gasteiger partial charge < -0.3 is 25.3 Å². The van der Waals surface area contributed by atoms with Crippen molar-refractivity contribution in [3.63, 3.8) is 0 Å². The van der Waals surface area contributed by atoms with E-state index in [1.54, 1.807) is 0 Å². The molecule has 0 aromatic rings. The lowest BCUT2D eigenvalue weighted by atomic mass is 10.3. The standard InChI is InChI=1S/C10H20N2.H3O4P/c1-3-7-11-9-5-6-10-12-8-4-2;1-5(2,3)4/h3-4,11-12H,1-2,5-10H2;(H3,1,2,3,4). The third-order valence-corrected chi connectivity index (χ3v) is 1.53. The van der Waals surface area contributed by atoms with Crippen molar-refractivity contribution in [3.05, 3.63) is 25.3 Å². The Balaban J connectivity index is 0. The van der Waals surface area contributed by atoms with E-state index >= 15 is 0 Å². The average Bonchev–Trinajstić information content (AvgIpc) is 2.20. The van der Waals surface area contributed by atoms with Gasteiger partial charge in [-0.15, -0.1) is 13.2 Å². The first-order valence-corrected chi connectivity index (χ1v) is 6.89. The minimum Gasteiger partial charge on any atom is -0.313 e. The van der Waals surface area contributed by atoms with Gasteiger partial charge in [0.1, 0.15) is 0 Å². The van der Waals surface area contributed by atoms with Gasteiger partial charge in [-0.1, -0.05) is 12.2 Å². The van der Waals surface area contributed by atoms with Gasteiger partial charge in [-0.05, 0) is 25.9 Å². The summed E-state index contributed by atoms with van der Waals surface area (Å²) in [5.41, 5.74) is 0. The predicted octanol–water partition coefficient (Wildman–Crippen LogP) is 0.389. The fourth-order valence-electron chi connectivity index (χ4n) is 0.908. The molecule has 0 spiro atoms. The Morgan fingerprint density at radius 3 is 1.47 bits per heavy atom. The number of nitrogens with one attached hydrogen (secondary N) is 2. The number of phosphoric acid groups is 1. The molecular formula is C10H23N2O4P. The highest BCUT2D eigenvalue weighted by Crippen LogP contribution is 2.25. The van der Waals surface area contributed by atoms with Crippen molar-refractivity contribution in [2.75, 3.05) is 26.2 Å². The van der Waals surface area contributed by atoms with Crippen molar-refractivity contribution in [2.45, 2.75) is 12.8 Å². The Hall–Kier alpha value is -0.490. The van der Waals surface area contributed by atoms with Crippen molar-refractivity contribution in [1.29, 1.82) is 0 Å². The first kappa shape index (κ1) is 18.9. The number of hydrogen-bond acceptors (Lipinski definition) is 3.